The Morgan fingerprint density at radius 2 is 2.00 bits per heavy atom. The average molecular weight is 311 g/mol. The Labute approximate surface area is 130 Å². The van der Waals surface area contributed by atoms with Gasteiger partial charge in [-0.3, -0.25) is 9.69 Å². The van der Waals surface area contributed by atoms with Crippen molar-refractivity contribution in [1.29, 1.82) is 0 Å². The zero-order valence-corrected chi connectivity index (χ0v) is 14.1. The molecule has 1 aliphatic rings. The smallest absolute Gasteiger partial charge is 0.251 e. The molecule has 1 aromatic rings. The van der Waals surface area contributed by atoms with Gasteiger partial charge in [-0.1, -0.05) is 20.8 Å². The van der Waals surface area contributed by atoms with E-state index in [1.807, 2.05) is 6.20 Å². The third kappa shape index (κ3) is 4.25. The Kier molecular flexibility index (Phi) is 5.01. The molecule has 1 unspecified atom stereocenters. The van der Waals surface area contributed by atoms with Crippen molar-refractivity contribution >= 4 is 17.2 Å². The summed E-state index contributed by atoms with van der Waals surface area (Å²) in [4.78, 5) is 21.6. The molecule has 1 aliphatic heterocycles. The fraction of sp³-hybridized carbons (Fsp3) is 0.733. The minimum absolute atomic E-state index is 0.102. The molecule has 2 heterocycles. The van der Waals surface area contributed by atoms with Crippen LogP contribution in [0, 0.1) is 0 Å². The Balaban J connectivity index is 1.86. The summed E-state index contributed by atoms with van der Waals surface area (Å²) in [5.41, 5.74) is 0.102. The Morgan fingerprint density at radius 1 is 1.38 bits per heavy atom. The van der Waals surface area contributed by atoms with Crippen molar-refractivity contribution in [2.45, 2.75) is 45.8 Å². The number of carbonyl (C=O) groups excluding carboxylic acids is 1. The summed E-state index contributed by atoms with van der Waals surface area (Å²) in [5, 5.41) is 10.5. The van der Waals surface area contributed by atoms with Crippen molar-refractivity contribution < 1.29 is 9.90 Å². The van der Waals surface area contributed by atoms with Crippen molar-refractivity contribution in [3.05, 3.63) is 16.1 Å². The molecule has 1 amide bonds. The topological polar surface area (TPSA) is 56.7 Å². The number of aliphatic hydroxyl groups is 1. The summed E-state index contributed by atoms with van der Waals surface area (Å²) in [6.45, 7) is 12.0. The van der Waals surface area contributed by atoms with E-state index in [4.69, 9.17) is 0 Å². The van der Waals surface area contributed by atoms with Crippen LogP contribution in [0.25, 0.3) is 0 Å². The third-order valence-corrected chi connectivity index (χ3v) is 5.02. The predicted molar refractivity (Wildman–Crippen MR) is 84.4 cm³/mol. The molecule has 6 heteroatoms. The number of aromatic nitrogens is 1. The molecule has 1 saturated heterocycles. The largest absolute Gasteiger partial charge is 0.384 e. The highest BCUT2D eigenvalue weighted by Gasteiger charge is 2.24. The van der Waals surface area contributed by atoms with Gasteiger partial charge in [0.25, 0.3) is 5.91 Å². The SMILES string of the molecule is CC(O)C(=O)N1CCN(Cc2cnc(C(C)(C)C)s2)CC1. The van der Waals surface area contributed by atoms with E-state index >= 15 is 0 Å². The first kappa shape index (κ1) is 16.4. The van der Waals surface area contributed by atoms with Crippen LogP contribution in [0.5, 0.6) is 0 Å². The summed E-state index contributed by atoms with van der Waals surface area (Å²) >= 11 is 1.77. The van der Waals surface area contributed by atoms with Gasteiger partial charge >= 0.3 is 0 Å². The lowest BCUT2D eigenvalue weighted by molar-refractivity contribution is -0.141. The molecule has 21 heavy (non-hydrogen) atoms. The van der Waals surface area contributed by atoms with Crippen LogP contribution in [0.15, 0.2) is 6.20 Å². The Morgan fingerprint density at radius 3 is 2.48 bits per heavy atom. The van der Waals surface area contributed by atoms with Crippen LogP contribution in [0.1, 0.15) is 37.6 Å². The van der Waals surface area contributed by atoms with Crippen LogP contribution in [-0.4, -0.2) is 58.1 Å². The van der Waals surface area contributed by atoms with Crippen molar-refractivity contribution in [2.75, 3.05) is 26.2 Å². The van der Waals surface area contributed by atoms with Crippen molar-refractivity contribution in [3.8, 4) is 0 Å². The highest BCUT2D eigenvalue weighted by Crippen LogP contribution is 2.27. The minimum atomic E-state index is -0.896. The molecule has 0 aliphatic carbocycles. The van der Waals surface area contributed by atoms with E-state index in [2.05, 4.69) is 30.7 Å². The molecule has 1 aromatic heterocycles. The molecule has 0 bridgehead atoms. The number of hydrogen-bond donors (Lipinski definition) is 1. The maximum Gasteiger partial charge on any atom is 0.251 e. The minimum Gasteiger partial charge on any atom is -0.384 e. The van der Waals surface area contributed by atoms with Gasteiger partial charge in [-0.05, 0) is 6.92 Å². The lowest BCUT2D eigenvalue weighted by atomic mass is 9.98. The lowest BCUT2D eigenvalue weighted by Gasteiger charge is -2.35. The number of piperazine rings is 1. The second-order valence-corrected chi connectivity index (χ2v) is 7.77. The second kappa shape index (κ2) is 6.42. The van der Waals surface area contributed by atoms with Gasteiger partial charge in [0.1, 0.15) is 6.10 Å². The van der Waals surface area contributed by atoms with E-state index in [9.17, 15) is 9.90 Å². The van der Waals surface area contributed by atoms with Gasteiger partial charge < -0.3 is 10.0 Å². The van der Waals surface area contributed by atoms with Crippen LogP contribution >= 0.6 is 11.3 Å². The zero-order chi connectivity index (χ0) is 15.6. The molecule has 118 valence electrons. The van der Waals surface area contributed by atoms with Crippen LogP contribution < -0.4 is 0 Å². The Hall–Kier alpha value is -0.980. The number of thiazole rings is 1. The molecule has 2 rings (SSSR count). The number of aliphatic hydroxyl groups excluding tert-OH is 1. The average Bonchev–Trinajstić information content (AvgIpc) is 2.87. The third-order valence-electron chi connectivity index (χ3n) is 3.62. The fourth-order valence-electron chi connectivity index (χ4n) is 2.34. The van der Waals surface area contributed by atoms with E-state index in [-0.39, 0.29) is 11.3 Å². The number of carbonyl (C=O) groups is 1. The summed E-state index contributed by atoms with van der Waals surface area (Å²) < 4.78 is 0. The van der Waals surface area contributed by atoms with E-state index in [0.717, 1.165) is 19.6 Å². The molecule has 1 N–H and O–H groups in total. The lowest BCUT2D eigenvalue weighted by Crippen LogP contribution is -2.50. The van der Waals surface area contributed by atoms with Crippen LogP contribution in [0.4, 0.5) is 0 Å². The van der Waals surface area contributed by atoms with Gasteiger partial charge in [0.2, 0.25) is 0 Å². The van der Waals surface area contributed by atoms with Gasteiger partial charge in [-0.25, -0.2) is 4.98 Å². The summed E-state index contributed by atoms with van der Waals surface area (Å²) in [7, 11) is 0. The first-order valence-corrected chi connectivity index (χ1v) is 8.23. The van der Waals surface area contributed by atoms with Gasteiger partial charge in [-0.15, -0.1) is 11.3 Å². The van der Waals surface area contributed by atoms with Gasteiger partial charge in [-0.2, -0.15) is 0 Å². The van der Waals surface area contributed by atoms with Crippen LogP contribution in [0.2, 0.25) is 0 Å². The van der Waals surface area contributed by atoms with E-state index in [0.29, 0.717) is 13.1 Å². The number of amides is 1. The number of nitrogens with zero attached hydrogens (tertiary/aromatic N) is 3. The Bertz CT molecular complexity index is 485. The number of hydrogen-bond acceptors (Lipinski definition) is 5. The highest BCUT2D eigenvalue weighted by atomic mass is 32.1. The zero-order valence-electron chi connectivity index (χ0n) is 13.3. The van der Waals surface area contributed by atoms with Crippen LogP contribution in [0.3, 0.4) is 0 Å². The first-order valence-electron chi connectivity index (χ1n) is 7.42. The molecular formula is C15H25N3O2S. The van der Waals surface area contributed by atoms with E-state index in [1.54, 1.807) is 16.2 Å². The maximum atomic E-state index is 11.7. The van der Waals surface area contributed by atoms with Crippen LogP contribution in [-0.2, 0) is 16.8 Å². The molecular weight excluding hydrogens is 286 g/mol. The number of rotatable bonds is 3. The standard InChI is InChI=1S/C15H25N3O2S/c1-11(19)13(20)18-7-5-17(6-8-18)10-12-9-16-14(21-12)15(2,3)4/h9,11,19H,5-8,10H2,1-4H3. The van der Waals surface area contributed by atoms with Gasteiger partial charge in [0.05, 0.1) is 5.01 Å². The van der Waals surface area contributed by atoms with Gasteiger partial charge in [0.15, 0.2) is 0 Å². The molecule has 0 aromatic carbocycles. The second-order valence-electron chi connectivity index (χ2n) is 6.66. The predicted octanol–water partition coefficient (Wildman–Crippen LogP) is 1.47. The molecule has 1 atom stereocenters. The molecule has 0 radical (unpaired) electrons. The normalized spacial score (nSPS) is 18.8. The quantitative estimate of drug-likeness (QED) is 0.918. The van der Waals surface area contributed by atoms with E-state index in [1.165, 1.54) is 16.8 Å². The van der Waals surface area contributed by atoms with E-state index < -0.39 is 6.10 Å². The molecule has 0 spiro atoms. The summed E-state index contributed by atoms with van der Waals surface area (Å²) in [6.07, 6.45) is 1.07. The molecule has 5 nitrogen and oxygen atoms in total. The van der Waals surface area contributed by atoms with Gasteiger partial charge in [0, 0.05) is 49.2 Å². The maximum absolute atomic E-state index is 11.7. The summed E-state index contributed by atoms with van der Waals surface area (Å²) in [5.74, 6) is -0.164. The molecule has 1 fully saturated rings. The van der Waals surface area contributed by atoms with Crippen molar-refractivity contribution in [2.24, 2.45) is 0 Å². The fourth-order valence-corrected chi connectivity index (χ4v) is 3.35. The highest BCUT2D eigenvalue weighted by molar-refractivity contribution is 7.11. The monoisotopic (exact) mass is 311 g/mol. The van der Waals surface area contributed by atoms with Crippen molar-refractivity contribution in [1.82, 2.24) is 14.8 Å². The first-order chi connectivity index (χ1) is 9.77. The molecule has 0 saturated carbocycles. The summed E-state index contributed by atoms with van der Waals surface area (Å²) in [6, 6.07) is 0. The van der Waals surface area contributed by atoms with Crippen molar-refractivity contribution in [3.63, 3.8) is 0 Å².